The molecule has 0 radical (unpaired) electrons. The van der Waals surface area contributed by atoms with Crippen molar-refractivity contribution in [2.24, 2.45) is 0 Å². The highest BCUT2D eigenvalue weighted by molar-refractivity contribution is 5.58. The van der Waals surface area contributed by atoms with Crippen molar-refractivity contribution in [1.82, 2.24) is 14.9 Å². The summed E-state index contributed by atoms with van der Waals surface area (Å²) in [5.74, 6) is 1.74. The Bertz CT molecular complexity index is 796. The van der Waals surface area contributed by atoms with Crippen molar-refractivity contribution in [2.45, 2.75) is 19.5 Å². The van der Waals surface area contributed by atoms with Gasteiger partial charge in [-0.25, -0.2) is 9.97 Å². The number of fused-ring (bicyclic) bond motifs is 1. The smallest absolute Gasteiger partial charge is 0.159 e. The van der Waals surface area contributed by atoms with E-state index < -0.39 is 0 Å². The summed E-state index contributed by atoms with van der Waals surface area (Å²) in [6.45, 7) is 2.63. The zero-order chi connectivity index (χ0) is 15.6. The van der Waals surface area contributed by atoms with Crippen molar-refractivity contribution in [3.05, 3.63) is 65.9 Å². The summed E-state index contributed by atoms with van der Waals surface area (Å²) in [5.41, 5.74) is 9.82. The first-order valence-corrected chi connectivity index (χ1v) is 7.73. The lowest BCUT2D eigenvalue weighted by molar-refractivity contribution is 0.222. The quantitative estimate of drug-likeness (QED) is 0.754. The van der Waals surface area contributed by atoms with E-state index in [2.05, 4.69) is 9.88 Å². The molecule has 1 aromatic carbocycles. The molecule has 0 bridgehead atoms. The molecule has 0 saturated heterocycles. The van der Waals surface area contributed by atoms with E-state index >= 15 is 0 Å². The number of nitrogens with zero attached hydrogens (tertiary/aromatic N) is 3. The van der Waals surface area contributed by atoms with Crippen LogP contribution in [0.3, 0.4) is 0 Å². The topological polar surface area (TPSA) is 68.2 Å². The predicted molar refractivity (Wildman–Crippen MR) is 88.4 cm³/mol. The van der Waals surface area contributed by atoms with Crippen molar-refractivity contribution in [1.29, 1.82) is 0 Å². The van der Waals surface area contributed by atoms with E-state index in [1.54, 1.807) is 6.26 Å². The van der Waals surface area contributed by atoms with Crippen LogP contribution in [0.15, 0.2) is 53.3 Å². The van der Waals surface area contributed by atoms with Gasteiger partial charge in [-0.05, 0) is 48.4 Å². The van der Waals surface area contributed by atoms with Crippen LogP contribution in [0.5, 0.6) is 0 Å². The van der Waals surface area contributed by atoms with Gasteiger partial charge in [0.1, 0.15) is 5.76 Å². The van der Waals surface area contributed by atoms with Crippen LogP contribution < -0.4 is 5.73 Å². The third-order valence-electron chi connectivity index (χ3n) is 4.15. The van der Waals surface area contributed by atoms with Crippen LogP contribution in [-0.2, 0) is 19.5 Å². The number of furan rings is 1. The molecular weight excluding hydrogens is 288 g/mol. The molecule has 1 aliphatic rings. The number of anilines is 1. The Hall–Kier alpha value is -2.66. The summed E-state index contributed by atoms with van der Waals surface area (Å²) >= 11 is 0. The normalized spacial score (nSPS) is 14.6. The van der Waals surface area contributed by atoms with Crippen LogP contribution in [0.25, 0.3) is 11.4 Å². The van der Waals surface area contributed by atoms with Gasteiger partial charge in [0.05, 0.1) is 18.5 Å². The molecule has 0 aliphatic carbocycles. The average Bonchev–Trinajstić information content (AvgIpc) is 3.08. The Kier molecular flexibility index (Phi) is 3.55. The van der Waals surface area contributed by atoms with Crippen molar-refractivity contribution in [2.75, 3.05) is 12.3 Å². The highest BCUT2D eigenvalue weighted by atomic mass is 16.3. The van der Waals surface area contributed by atoms with Gasteiger partial charge in [0.25, 0.3) is 0 Å². The Morgan fingerprint density at radius 1 is 1.17 bits per heavy atom. The van der Waals surface area contributed by atoms with Crippen molar-refractivity contribution < 1.29 is 4.42 Å². The van der Waals surface area contributed by atoms with Crippen LogP contribution >= 0.6 is 0 Å². The summed E-state index contributed by atoms with van der Waals surface area (Å²) in [6.07, 6.45) is 4.64. The molecule has 3 aromatic rings. The van der Waals surface area contributed by atoms with Crippen molar-refractivity contribution in [3.8, 4) is 11.4 Å². The molecule has 4 rings (SSSR count). The van der Waals surface area contributed by atoms with Gasteiger partial charge >= 0.3 is 0 Å². The van der Waals surface area contributed by atoms with Gasteiger partial charge in [0.15, 0.2) is 5.82 Å². The summed E-state index contributed by atoms with van der Waals surface area (Å²) in [7, 11) is 0. The third kappa shape index (κ3) is 2.96. The van der Waals surface area contributed by atoms with E-state index in [0.29, 0.717) is 0 Å². The third-order valence-corrected chi connectivity index (χ3v) is 4.15. The lowest BCUT2D eigenvalue weighted by atomic mass is 10.1. The van der Waals surface area contributed by atoms with Crippen LogP contribution in [0.2, 0.25) is 0 Å². The Balaban J connectivity index is 1.57. The first-order valence-electron chi connectivity index (χ1n) is 7.73. The summed E-state index contributed by atoms with van der Waals surface area (Å²) in [5, 5.41) is 0. The number of hydrogen-bond donors (Lipinski definition) is 1. The molecule has 2 N–H and O–H groups in total. The molecule has 0 saturated carbocycles. The monoisotopic (exact) mass is 306 g/mol. The molecule has 23 heavy (non-hydrogen) atoms. The van der Waals surface area contributed by atoms with Crippen LogP contribution in [0.4, 0.5) is 5.69 Å². The Morgan fingerprint density at radius 3 is 2.83 bits per heavy atom. The van der Waals surface area contributed by atoms with Crippen LogP contribution in [0, 0.1) is 0 Å². The molecule has 1 aliphatic heterocycles. The maximum atomic E-state index is 5.74. The summed E-state index contributed by atoms with van der Waals surface area (Å²) < 4.78 is 5.44. The maximum Gasteiger partial charge on any atom is 0.159 e. The maximum absolute atomic E-state index is 5.74. The van der Waals surface area contributed by atoms with E-state index in [1.807, 2.05) is 42.6 Å². The predicted octanol–water partition coefficient (Wildman–Crippen LogP) is 2.88. The number of nitrogen functional groups attached to an aromatic ring is 1. The van der Waals surface area contributed by atoms with Gasteiger partial charge in [-0.1, -0.05) is 0 Å². The minimum Gasteiger partial charge on any atom is -0.468 e. The first kappa shape index (κ1) is 14.0. The fourth-order valence-electron chi connectivity index (χ4n) is 2.89. The molecular formula is C18H18N4O. The molecule has 0 unspecified atom stereocenters. The standard InChI is InChI=1S/C18H18N4O/c19-15-5-3-13(4-6-15)18-20-10-14-7-8-22(12-17(14)21-18)11-16-2-1-9-23-16/h1-6,9-10H,7-8,11-12,19H2. The molecule has 5 heteroatoms. The van der Waals surface area contributed by atoms with Gasteiger partial charge in [-0.3, -0.25) is 4.90 Å². The number of aromatic nitrogens is 2. The summed E-state index contributed by atoms with van der Waals surface area (Å²) in [6, 6.07) is 11.6. The fourth-order valence-corrected chi connectivity index (χ4v) is 2.89. The highest BCUT2D eigenvalue weighted by Crippen LogP contribution is 2.22. The first-order chi connectivity index (χ1) is 11.3. The van der Waals surface area contributed by atoms with Gasteiger partial charge in [-0.2, -0.15) is 0 Å². The zero-order valence-corrected chi connectivity index (χ0v) is 12.8. The van der Waals surface area contributed by atoms with Crippen molar-refractivity contribution >= 4 is 5.69 Å². The molecule has 0 amide bonds. The molecule has 5 nitrogen and oxygen atoms in total. The van der Waals surface area contributed by atoms with E-state index in [1.165, 1.54) is 5.56 Å². The van der Waals surface area contributed by atoms with Crippen molar-refractivity contribution in [3.63, 3.8) is 0 Å². The van der Waals surface area contributed by atoms with Gasteiger partial charge in [-0.15, -0.1) is 0 Å². The number of rotatable bonds is 3. The lowest BCUT2D eigenvalue weighted by Gasteiger charge is -2.27. The molecule has 2 aromatic heterocycles. The largest absolute Gasteiger partial charge is 0.468 e. The summed E-state index contributed by atoms with van der Waals surface area (Å²) in [4.78, 5) is 11.6. The second-order valence-electron chi connectivity index (χ2n) is 5.83. The van der Waals surface area contributed by atoms with Gasteiger partial charge < -0.3 is 10.2 Å². The minimum absolute atomic E-state index is 0.747. The number of nitrogens with two attached hydrogens (primary N) is 1. The van der Waals surface area contributed by atoms with E-state index in [9.17, 15) is 0 Å². The lowest BCUT2D eigenvalue weighted by Crippen LogP contribution is -2.30. The molecule has 0 atom stereocenters. The highest BCUT2D eigenvalue weighted by Gasteiger charge is 2.19. The molecule has 0 spiro atoms. The minimum atomic E-state index is 0.747. The number of hydrogen-bond acceptors (Lipinski definition) is 5. The Labute approximate surface area is 134 Å². The second kappa shape index (κ2) is 5.85. The second-order valence-corrected chi connectivity index (χ2v) is 5.83. The molecule has 0 fully saturated rings. The van der Waals surface area contributed by atoms with E-state index in [0.717, 1.165) is 54.6 Å². The number of benzene rings is 1. The van der Waals surface area contributed by atoms with Gasteiger partial charge in [0, 0.05) is 30.5 Å². The van der Waals surface area contributed by atoms with Crippen LogP contribution in [0.1, 0.15) is 17.0 Å². The SMILES string of the molecule is Nc1ccc(-c2ncc3c(n2)CN(Cc2ccco2)CC3)cc1. The van der Waals surface area contributed by atoms with E-state index in [4.69, 9.17) is 15.1 Å². The molecule has 116 valence electrons. The Morgan fingerprint density at radius 2 is 2.04 bits per heavy atom. The van der Waals surface area contributed by atoms with Gasteiger partial charge in [0.2, 0.25) is 0 Å². The fraction of sp³-hybridized carbons (Fsp3) is 0.222. The van der Waals surface area contributed by atoms with E-state index in [-0.39, 0.29) is 0 Å². The molecule has 3 heterocycles. The zero-order valence-electron chi connectivity index (χ0n) is 12.8. The average molecular weight is 306 g/mol. The van der Waals surface area contributed by atoms with Crippen LogP contribution in [-0.4, -0.2) is 21.4 Å².